The molecule has 17 heavy (non-hydrogen) atoms. The Morgan fingerprint density at radius 1 is 1.41 bits per heavy atom. The number of hydrogen-bond acceptors (Lipinski definition) is 3. The van der Waals surface area contributed by atoms with Gasteiger partial charge in [-0.15, -0.1) is 0 Å². The van der Waals surface area contributed by atoms with E-state index in [4.69, 9.17) is 0 Å². The van der Waals surface area contributed by atoms with Crippen LogP contribution >= 0.6 is 0 Å². The molecule has 3 atom stereocenters. The highest BCUT2D eigenvalue weighted by Crippen LogP contribution is 2.32. The molecule has 0 aliphatic heterocycles. The first kappa shape index (κ1) is 14.0. The third kappa shape index (κ3) is 3.45. The normalized spacial score (nSPS) is 25.4. The molecule has 0 spiro atoms. The Bertz CT molecular complexity index is 290. The van der Waals surface area contributed by atoms with Crippen molar-refractivity contribution >= 4 is 11.9 Å². The topological polar surface area (TPSA) is 46.6 Å². The SMILES string of the molecule is COC(=O)C(C)CN(C)C(=O)C1CCCC1C. The highest BCUT2D eigenvalue weighted by molar-refractivity contribution is 5.80. The van der Waals surface area contributed by atoms with Crippen molar-refractivity contribution in [2.75, 3.05) is 20.7 Å². The molecule has 0 N–H and O–H groups in total. The van der Waals surface area contributed by atoms with Gasteiger partial charge in [-0.1, -0.05) is 20.3 Å². The predicted molar refractivity (Wildman–Crippen MR) is 65.3 cm³/mol. The maximum Gasteiger partial charge on any atom is 0.310 e. The maximum absolute atomic E-state index is 12.2. The predicted octanol–water partition coefficient (Wildman–Crippen LogP) is 1.69. The molecule has 1 fully saturated rings. The zero-order valence-corrected chi connectivity index (χ0v) is 11.2. The van der Waals surface area contributed by atoms with Crippen LogP contribution in [0.1, 0.15) is 33.1 Å². The van der Waals surface area contributed by atoms with E-state index in [0.717, 1.165) is 19.3 Å². The number of esters is 1. The molecule has 4 heteroatoms. The van der Waals surface area contributed by atoms with Gasteiger partial charge >= 0.3 is 5.97 Å². The Morgan fingerprint density at radius 3 is 2.53 bits per heavy atom. The average molecular weight is 241 g/mol. The number of carbonyl (C=O) groups is 2. The first-order valence-electron chi connectivity index (χ1n) is 6.30. The van der Waals surface area contributed by atoms with Gasteiger partial charge in [0.2, 0.25) is 5.91 Å². The summed E-state index contributed by atoms with van der Waals surface area (Å²) in [7, 11) is 3.15. The number of rotatable bonds is 4. The number of hydrogen-bond donors (Lipinski definition) is 0. The van der Waals surface area contributed by atoms with Crippen molar-refractivity contribution in [1.29, 1.82) is 0 Å². The van der Waals surface area contributed by atoms with Crippen LogP contribution in [0, 0.1) is 17.8 Å². The van der Waals surface area contributed by atoms with Crippen molar-refractivity contribution in [2.24, 2.45) is 17.8 Å². The second-order valence-electron chi connectivity index (χ2n) is 5.16. The molecule has 98 valence electrons. The van der Waals surface area contributed by atoms with Crippen LogP contribution in [0.4, 0.5) is 0 Å². The van der Waals surface area contributed by atoms with Gasteiger partial charge in [-0.3, -0.25) is 9.59 Å². The number of ether oxygens (including phenoxy) is 1. The largest absolute Gasteiger partial charge is 0.469 e. The van der Waals surface area contributed by atoms with E-state index >= 15 is 0 Å². The Hall–Kier alpha value is -1.06. The third-order valence-electron chi connectivity index (χ3n) is 3.71. The summed E-state index contributed by atoms with van der Waals surface area (Å²) in [6, 6.07) is 0. The van der Waals surface area contributed by atoms with Gasteiger partial charge in [0, 0.05) is 19.5 Å². The van der Waals surface area contributed by atoms with Crippen molar-refractivity contribution in [2.45, 2.75) is 33.1 Å². The molecule has 1 aliphatic rings. The van der Waals surface area contributed by atoms with E-state index in [-0.39, 0.29) is 23.7 Å². The highest BCUT2D eigenvalue weighted by atomic mass is 16.5. The second kappa shape index (κ2) is 6.03. The van der Waals surface area contributed by atoms with Crippen LogP contribution < -0.4 is 0 Å². The Morgan fingerprint density at radius 2 is 2.06 bits per heavy atom. The lowest BCUT2D eigenvalue weighted by Gasteiger charge is -2.25. The van der Waals surface area contributed by atoms with Gasteiger partial charge in [0.15, 0.2) is 0 Å². The van der Waals surface area contributed by atoms with Crippen molar-refractivity contribution in [3.05, 3.63) is 0 Å². The van der Waals surface area contributed by atoms with Gasteiger partial charge < -0.3 is 9.64 Å². The van der Waals surface area contributed by atoms with E-state index < -0.39 is 0 Å². The monoisotopic (exact) mass is 241 g/mol. The number of carbonyl (C=O) groups excluding carboxylic acids is 2. The van der Waals surface area contributed by atoms with E-state index in [0.29, 0.717) is 12.5 Å². The molecule has 0 aromatic heterocycles. The molecule has 0 saturated heterocycles. The Balaban J connectivity index is 2.49. The zero-order chi connectivity index (χ0) is 13.0. The Labute approximate surface area is 103 Å². The first-order chi connectivity index (χ1) is 7.97. The highest BCUT2D eigenvalue weighted by Gasteiger charge is 2.32. The zero-order valence-electron chi connectivity index (χ0n) is 11.2. The van der Waals surface area contributed by atoms with Gasteiger partial charge in [-0.2, -0.15) is 0 Å². The first-order valence-corrected chi connectivity index (χ1v) is 6.30. The lowest BCUT2D eigenvalue weighted by molar-refractivity contribution is -0.146. The van der Waals surface area contributed by atoms with Gasteiger partial charge in [-0.05, 0) is 18.8 Å². The lowest BCUT2D eigenvalue weighted by atomic mass is 9.96. The Kier molecular flexibility index (Phi) is 4.97. The van der Waals surface area contributed by atoms with Gasteiger partial charge in [0.1, 0.15) is 0 Å². The summed E-state index contributed by atoms with van der Waals surface area (Å²) >= 11 is 0. The molecule has 0 aromatic carbocycles. The van der Waals surface area contributed by atoms with Gasteiger partial charge in [-0.25, -0.2) is 0 Å². The fourth-order valence-electron chi connectivity index (χ4n) is 2.57. The number of nitrogens with zero attached hydrogens (tertiary/aromatic N) is 1. The van der Waals surface area contributed by atoms with E-state index in [1.807, 2.05) is 0 Å². The van der Waals surface area contributed by atoms with Crippen LogP contribution in [0.2, 0.25) is 0 Å². The molecule has 1 rings (SSSR count). The standard InChI is InChI=1S/C13H23NO3/c1-9-6-5-7-11(9)12(15)14(3)8-10(2)13(16)17-4/h9-11H,5-8H2,1-4H3. The average Bonchev–Trinajstić information content (AvgIpc) is 2.73. The van der Waals surface area contributed by atoms with Crippen molar-refractivity contribution in [3.63, 3.8) is 0 Å². The van der Waals surface area contributed by atoms with Crippen molar-refractivity contribution in [3.8, 4) is 0 Å². The minimum atomic E-state index is -0.260. The second-order valence-corrected chi connectivity index (χ2v) is 5.16. The van der Waals surface area contributed by atoms with Crippen LogP contribution in [0.25, 0.3) is 0 Å². The molecule has 0 radical (unpaired) electrons. The summed E-state index contributed by atoms with van der Waals surface area (Å²) in [5.41, 5.74) is 0. The summed E-state index contributed by atoms with van der Waals surface area (Å²) in [6.45, 7) is 4.36. The van der Waals surface area contributed by atoms with Crippen molar-refractivity contribution in [1.82, 2.24) is 4.90 Å². The lowest BCUT2D eigenvalue weighted by Crippen LogP contribution is -2.38. The quantitative estimate of drug-likeness (QED) is 0.704. The van der Waals surface area contributed by atoms with Crippen LogP contribution in [0.15, 0.2) is 0 Å². The van der Waals surface area contributed by atoms with Crippen LogP contribution in [-0.2, 0) is 14.3 Å². The minimum absolute atomic E-state index is 0.143. The van der Waals surface area contributed by atoms with Crippen LogP contribution in [0.3, 0.4) is 0 Å². The number of methoxy groups -OCH3 is 1. The molecule has 1 amide bonds. The van der Waals surface area contributed by atoms with Gasteiger partial charge in [0.25, 0.3) is 0 Å². The molecule has 0 aromatic rings. The fraction of sp³-hybridized carbons (Fsp3) is 0.846. The third-order valence-corrected chi connectivity index (χ3v) is 3.71. The van der Waals surface area contributed by atoms with Gasteiger partial charge in [0.05, 0.1) is 13.0 Å². The number of amides is 1. The smallest absolute Gasteiger partial charge is 0.310 e. The summed E-state index contributed by atoms with van der Waals surface area (Å²) in [5, 5.41) is 0. The van der Waals surface area contributed by atoms with E-state index in [1.165, 1.54) is 7.11 Å². The molecule has 0 heterocycles. The molecule has 1 aliphatic carbocycles. The van der Waals surface area contributed by atoms with E-state index in [1.54, 1.807) is 18.9 Å². The molecular weight excluding hydrogens is 218 g/mol. The summed E-state index contributed by atoms with van der Waals surface area (Å²) in [4.78, 5) is 25.1. The van der Waals surface area contributed by atoms with Crippen LogP contribution in [-0.4, -0.2) is 37.5 Å². The summed E-state index contributed by atoms with van der Waals surface area (Å²) in [6.07, 6.45) is 3.26. The molecule has 3 unspecified atom stereocenters. The summed E-state index contributed by atoms with van der Waals surface area (Å²) in [5.74, 6) is 0.267. The molecule has 0 bridgehead atoms. The molecule has 1 saturated carbocycles. The van der Waals surface area contributed by atoms with E-state index in [2.05, 4.69) is 11.7 Å². The van der Waals surface area contributed by atoms with Crippen LogP contribution in [0.5, 0.6) is 0 Å². The molecular formula is C13H23NO3. The molecule has 4 nitrogen and oxygen atoms in total. The van der Waals surface area contributed by atoms with E-state index in [9.17, 15) is 9.59 Å². The summed E-state index contributed by atoms with van der Waals surface area (Å²) < 4.78 is 4.66. The maximum atomic E-state index is 12.2. The minimum Gasteiger partial charge on any atom is -0.469 e. The van der Waals surface area contributed by atoms with Crippen molar-refractivity contribution < 1.29 is 14.3 Å². The fourth-order valence-corrected chi connectivity index (χ4v) is 2.57.